The van der Waals surface area contributed by atoms with Crippen molar-refractivity contribution in [2.75, 3.05) is 7.11 Å². The number of nitrogens with zero attached hydrogens (tertiary/aromatic N) is 2. The molecule has 0 aliphatic heterocycles. The molecule has 1 aromatic carbocycles. The van der Waals surface area contributed by atoms with Crippen LogP contribution in [0.25, 0.3) is 10.9 Å². The molecule has 0 atom stereocenters. The lowest BCUT2D eigenvalue weighted by atomic mass is 10.2. The predicted octanol–water partition coefficient (Wildman–Crippen LogP) is 2.81. The molecule has 0 spiro atoms. The Morgan fingerprint density at radius 3 is 2.88 bits per heavy atom. The SMILES string of the molecule is COc1cc2nccc(Cl)c2cc1[N+](=O)[O-]. The first-order valence-electron chi connectivity index (χ1n) is 4.40. The summed E-state index contributed by atoms with van der Waals surface area (Å²) in [7, 11) is 1.37. The van der Waals surface area contributed by atoms with Crippen LogP contribution in [-0.2, 0) is 0 Å². The van der Waals surface area contributed by atoms with Crippen LogP contribution < -0.4 is 4.74 Å². The monoisotopic (exact) mass is 238 g/mol. The van der Waals surface area contributed by atoms with Gasteiger partial charge < -0.3 is 4.74 Å². The number of pyridine rings is 1. The summed E-state index contributed by atoms with van der Waals surface area (Å²) in [4.78, 5) is 14.3. The molecular weight excluding hydrogens is 232 g/mol. The van der Waals surface area contributed by atoms with Crippen LogP contribution in [0.2, 0.25) is 5.02 Å². The van der Waals surface area contributed by atoms with Crippen LogP contribution >= 0.6 is 11.6 Å². The summed E-state index contributed by atoms with van der Waals surface area (Å²) in [6.45, 7) is 0. The lowest BCUT2D eigenvalue weighted by Gasteiger charge is -2.04. The molecule has 1 heterocycles. The van der Waals surface area contributed by atoms with E-state index in [1.807, 2.05) is 0 Å². The van der Waals surface area contributed by atoms with Crippen LogP contribution in [0.3, 0.4) is 0 Å². The highest BCUT2D eigenvalue weighted by Crippen LogP contribution is 2.33. The summed E-state index contributed by atoms with van der Waals surface area (Å²) in [6, 6.07) is 4.45. The third-order valence-electron chi connectivity index (χ3n) is 2.19. The van der Waals surface area contributed by atoms with Gasteiger partial charge in [-0.1, -0.05) is 11.6 Å². The molecule has 0 fully saturated rings. The number of hydrogen-bond acceptors (Lipinski definition) is 4. The number of halogens is 1. The average Bonchev–Trinajstić information content (AvgIpc) is 2.27. The number of hydrogen-bond donors (Lipinski definition) is 0. The van der Waals surface area contributed by atoms with E-state index in [9.17, 15) is 10.1 Å². The summed E-state index contributed by atoms with van der Waals surface area (Å²) in [6.07, 6.45) is 1.54. The summed E-state index contributed by atoms with van der Waals surface area (Å²) in [5, 5.41) is 11.8. The maximum absolute atomic E-state index is 10.8. The van der Waals surface area contributed by atoms with Crippen molar-refractivity contribution in [3.63, 3.8) is 0 Å². The quantitative estimate of drug-likeness (QED) is 0.596. The molecule has 0 radical (unpaired) electrons. The van der Waals surface area contributed by atoms with Gasteiger partial charge in [-0.3, -0.25) is 15.1 Å². The van der Waals surface area contributed by atoms with Crippen molar-refractivity contribution in [3.8, 4) is 5.75 Å². The van der Waals surface area contributed by atoms with Gasteiger partial charge in [-0.2, -0.15) is 0 Å². The van der Waals surface area contributed by atoms with Gasteiger partial charge in [0, 0.05) is 23.7 Å². The minimum Gasteiger partial charge on any atom is -0.490 e. The summed E-state index contributed by atoms with van der Waals surface area (Å²) < 4.78 is 4.93. The molecule has 0 amide bonds. The zero-order valence-corrected chi connectivity index (χ0v) is 9.06. The van der Waals surface area contributed by atoms with Crippen LogP contribution in [0.15, 0.2) is 24.4 Å². The van der Waals surface area contributed by atoms with Gasteiger partial charge in [0.2, 0.25) is 0 Å². The van der Waals surface area contributed by atoms with Crippen LogP contribution in [0.5, 0.6) is 5.75 Å². The lowest BCUT2D eigenvalue weighted by molar-refractivity contribution is -0.385. The van der Waals surface area contributed by atoms with Gasteiger partial charge in [-0.05, 0) is 6.07 Å². The molecule has 82 valence electrons. The van der Waals surface area contributed by atoms with Gasteiger partial charge in [0.15, 0.2) is 5.75 Å². The van der Waals surface area contributed by atoms with Crippen molar-refractivity contribution in [3.05, 3.63) is 39.5 Å². The molecule has 2 rings (SSSR count). The highest BCUT2D eigenvalue weighted by atomic mass is 35.5. The van der Waals surface area contributed by atoms with E-state index < -0.39 is 4.92 Å². The molecule has 16 heavy (non-hydrogen) atoms. The molecule has 0 saturated carbocycles. The van der Waals surface area contributed by atoms with Crippen LogP contribution in [-0.4, -0.2) is 17.0 Å². The number of aromatic nitrogens is 1. The fourth-order valence-electron chi connectivity index (χ4n) is 1.43. The number of methoxy groups -OCH3 is 1. The van der Waals surface area contributed by atoms with Crippen LogP contribution in [0, 0.1) is 10.1 Å². The molecule has 0 bridgehead atoms. The first kappa shape index (κ1) is 10.6. The van der Waals surface area contributed by atoms with E-state index in [4.69, 9.17) is 16.3 Å². The summed E-state index contributed by atoms with van der Waals surface area (Å²) >= 11 is 5.93. The predicted molar refractivity (Wildman–Crippen MR) is 60.0 cm³/mol. The second kappa shape index (κ2) is 3.94. The van der Waals surface area contributed by atoms with Gasteiger partial charge in [-0.25, -0.2) is 0 Å². The van der Waals surface area contributed by atoms with Crippen LogP contribution in [0.1, 0.15) is 0 Å². The van der Waals surface area contributed by atoms with Crippen molar-refractivity contribution in [1.82, 2.24) is 4.98 Å². The van der Waals surface area contributed by atoms with Gasteiger partial charge in [-0.15, -0.1) is 0 Å². The third kappa shape index (κ3) is 1.65. The fourth-order valence-corrected chi connectivity index (χ4v) is 1.64. The molecule has 0 aliphatic carbocycles. The normalized spacial score (nSPS) is 10.4. The van der Waals surface area contributed by atoms with Gasteiger partial charge in [0.25, 0.3) is 0 Å². The van der Waals surface area contributed by atoms with Crippen molar-refractivity contribution >= 4 is 28.2 Å². The molecule has 1 aromatic heterocycles. The Bertz CT molecular complexity index is 571. The lowest BCUT2D eigenvalue weighted by Crippen LogP contribution is -1.94. The summed E-state index contributed by atoms with van der Waals surface area (Å²) in [5.74, 6) is 0.173. The van der Waals surface area contributed by atoms with Crippen molar-refractivity contribution in [2.24, 2.45) is 0 Å². The Hall–Kier alpha value is -1.88. The van der Waals surface area contributed by atoms with E-state index in [1.54, 1.807) is 6.07 Å². The van der Waals surface area contributed by atoms with Crippen molar-refractivity contribution in [1.29, 1.82) is 0 Å². The smallest absolute Gasteiger partial charge is 0.311 e. The Morgan fingerprint density at radius 1 is 1.50 bits per heavy atom. The molecule has 2 aromatic rings. The second-order valence-electron chi connectivity index (χ2n) is 3.09. The van der Waals surface area contributed by atoms with Gasteiger partial charge >= 0.3 is 5.69 Å². The van der Waals surface area contributed by atoms with Gasteiger partial charge in [0.1, 0.15) is 0 Å². The Balaban J connectivity index is 2.81. The largest absolute Gasteiger partial charge is 0.490 e. The first-order valence-corrected chi connectivity index (χ1v) is 4.78. The Labute approximate surface area is 95.8 Å². The standard InChI is InChI=1S/C10H7ClN2O3/c1-16-10-5-8-6(4-9(10)13(14)15)7(11)2-3-12-8/h2-5H,1H3. The van der Waals surface area contributed by atoms with E-state index in [2.05, 4.69) is 4.98 Å². The minimum absolute atomic E-state index is 0.120. The number of benzene rings is 1. The number of nitro benzene ring substituents is 1. The number of rotatable bonds is 2. The van der Waals surface area contributed by atoms with E-state index >= 15 is 0 Å². The number of nitro groups is 1. The maximum Gasteiger partial charge on any atom is 0.311 e. The first-order chi connectivity index (χ1) is 7.63. The van der Waals surface area contributed by atoms with E-state index in [0.29, 0.717) is 15.9 Å². The molecule has 0 aliphatic rings. The second-order valence-corrected chi connectivity index (χ2v) is 3.50. The Morgan fingerprint density at radius 2 is 2.25 bits per heavy atom. The maximum atomic E-state index is 10.8. The third-order valence-corrected chi connectivity index (χ3v) is 2.52. The Kier molecular flexibility index (Phi) is 2.62. The molecule has 5 nitrogen and oxygen atoms in total. The summed E-state index contributed by atoms with van der Waals surface area (Å²) in [5.41, 5.74) is 0.444. The van der Waals surface area contributed by atoms with E-state index in [-0.39, 0.29) is 11.4 Å². The van der Waals surface area contributed by atoms with E-state index in [0.717, 1.165) is 0 Å². The number of fused-ring (bicyclic) bond motifs is 1. The highest BCUT2D eigenvalue weighted by Gasteiger charge is 2.17. The zero-order chi connectivity index (χ0) is 11.7. The topological polar surface area (TPSA) is 65.3 Å². The van der Waals surface area contributed by atoms with Crippen molar-refractivity contribution in [2.45, 2.75) is 0 Å². The molecular formula is C10H7ClN2O3. The molecule has 0 N–H and O–H groups in total. The van der Waals surface area contributed by atoms with Crippen molar-refractivity contribution < 1.29 is 9.66 Å². The average molecular weight is 239 g/mol. The molecule has 6 heteroatoms. The zero-order valence-electron chi connectivity index (χ0n) is 8.31. The number of ether oxygens (including phenoxy) is 1. The van der Waals surface area contributed by atoms with Gasteiger partial charge in [0.05, 0.1) is 22.6 Å². The minimum atomic E-state index is -0.512. The fraction of sp³-hybridized carbons (Fsp3) is 0.100. The van der Waals surface area contributed by atoms with E-state index in [1.165, 1.54) is 25.4 Å². The molecule has 0 unspecified atom stereocenters. The highest BCUT2D eigenvalue weighted by molar-refractivity contribution is 6.35. The molecule has 0 saturated heterocycles. The van der Waals surface area contributed by atoms with Crippen LogP contribution in [0.4, 0.5) is 5.69 Å².